The Morgan fingerprint density at radius 3 is 3.06 bits per heavy atom. The van der Waals surface area contributed by atoms with Gasteiger partial charge >= 0.3 is 0 Å². The molecular weight excluding hydrogens is 250 g/mol. The SMILES string of the molecule is Nc1nnc(N2CCOC(c3ccccn3)C2)s1. The van der Waals surface area contributed by atoms with Crippen LogP contribution >= 0.6 is 11.3 Å². The smallest absolute Gasteiger partial charge is 0.210 e. The molecule has 2 aromatic heterocycles. The number of hydrogen-bond acceptors (Lipinski definition) is 7. The van der Waals surface area contributed by atoms with Gasteiger partial charge in [-0.2, -0.15) is 0 Å². The minimum absolute atomic E-state index is 0.0231. The Hall–Kier alpha value is -1.73. The number of anilines is 2. The molecule has 1 atom stereocenters. The number of aromatic nitrogens is 3. The molecule has 3 heterocycles. The summed E-state index contributed by atoms with van der Waals surface area (Å²) in [5.74, 6) is 0. The zero-order valence-corrected chi connectivity index (χ0v) is 10.5. The summed E-state index contributed by atoms with van der Waals surface area (Å²) in [6, 6.07) is 5.84. The van der Waals surface area contributed by atoms with E-state index in [1.165, 1.54) is 11.3 Å². The molecular formula is C11H13N5OS. The Balaban J connectivity index is 1.76. The standard InChI is InChI=1S/C11H13N5OS/c12-10-14-15-11(18-10)16-5-6-17-9(7-16)8-3-1-2-4-13-8/h1-4,9H,5-7H2,(H2,12,14). The van der Waals surface area contributed by atoms with Crippen LogP contribution in [0.2, 0.25) is 0 Å². The Bertz CT molecular complexity index is 517. The highest BCUT2D eigenvalue weighted by Gasteiger charge is 2.24. The maximum absolute atomic E-state index is 5.74. The van der Waals surface area contributed by atoms with Crippen LogP contribution in [0.1, 0.15) is 11.8 Å². The van der Waals surface area contributed by atoms with E-state index in [9.17, 15) is 0 Å². The molecule has 0 bridgehead atoms. The number of ether oxygens (including phenoxy) is 1. The second kappa shape index (κ2) is 4.87. The van der Waals surface area contributed by atoms with Crippen LogP contribution in [0.15, 0.2) is 24.4 Å². The van der Waals surface area contributed by atoms with Crippen molar-refractivity contribution in [1.29, 1.82) is 0 Å². The van der Waals surface area contributed by atoms with E-state index >= 15 is 0 Å². The highest BCUT2D eigenvalue weighted by atomic mass is 32.1. The first-order chi connectivity index (χ1) is 8.83. The Morgan fingerprint density at radius 2 is 2.33 bits per heavy atom. The van der Waals surface area contributed by atoms with Crippen molar-refractivity contribution in [2.24, 2.45) is 0 Å². The number of pyridine rings is 1. The second-order valence-electron chi connectivity index (χ2n) is 3.98. The maximum atomic E-state index is 5.74. The molecule has 1 fully saturated rings. The van der Waals surface area contributed by atoms with Crippen molar-refractivity contribution in [2.75, 3.05) is 30.3 Å². The molecule has 1 aliphatic rings. The zero-order chi connectivity index (χ0) is 12.4. The number of nitrogens with zero attached hydrogens (tertiary/aromatic N) is 4. The van der Waals surface area contributed by atoms with Gasteiger partial charge in [0.1, 0.15) is 6.10 Å². The monoisotopic (exact) mass is 263 g/mol. The van der Waals surface area contributed by atoms with E-state index in [1.807, 2.05) is 18.2 Å². The topological polar surface area (TPSA) is 77.2 Å². The van der Waals surface area contributed by atoms with E-state index in [0.29, 0.717) is 11.7 Å². The fourth-order valence-electron chi connectivity index (χ4n) is 1.92. The van der Waals surface area contributed by atoms with Crippen LogP contribution in [0, 0.1) is 0 Å². The number of nitrogen functional groups attached to an aromatic ring is 1. The van der Waals surface area contributed by atoms with Gasteiger partial charge in [0.15, 0.2) is 0 Å². The summed E-state index contributed by atoms with van der Waals surface area (Å²) in [4.78, 5) is 6.46. The van der Waals surface area contributed by atoms with Crippen molar-refractivity contribution in [1.82, 2.24) is 15.2 Å². The average molecular weight is 263 g/mol. The molecule has 1 saturated heterocycles. The van der Waals surface area contributed by atoms with Crippen molar-refractivity contribution in [3.8, 4) is 0 Å². The number of morpholine rings is 1. The molecule has 18 heavy (non-hydrogen) atoms. The number of rotatable bonds is 2. The van der Waals surface area contributed by atoms with Gasteiger partial charge in [0, 0.05) is 12.7 Å². The third-order valence-corrected chi connectivity index (χ3v) is 3.60. The summed E-state index contributed by atoms with van der Waals surface area (Å²) in [6.45, 7) is 2.18. The summed E-state index contributed by atoms with van der Waals surface area (Å²) in [7, 11) is 0. The molecule has 0 aliphatic carbocycles. The minimum Gasteiger partial charge on any atom is -0.374 e. The first kappa shape index (κ1) is 11.4. The van der Waals surface area contributed by atoms with E-state index in [0.717, 1.165) is 23.9 Å². The van der Waals surface area contributed by atoms with E-state index in [4.69, 9.17) is 10.5 Å². The quantitative estimate of drug-likeness (QED) is 0.874. The summed E-state index contributed by atoms with van der Waals surface area (Å²) in [5, 5.41) is 9.23. The van der Waals surface area contributed by atoms with Gasteiger partial charge in [0.05, 0.1) is 18.8 Å². The molecule has 0 spiro atoms. The first-order valence-electron chi connectivity index (χ1n) is 5.69. The third kappa shape index (κ3) is 2.27. The average Bonchev–Trinajstić information content (AvgIpc) is 2.87. The summed E-state index contributed by atoms with van der Waals surface area (Å²) >= 11 is 1.40. The maximum Gasteiger partial charge on any atom is 0.210 e. The van der Waals surface area contributed by atoms with Crippen LogP contribution in [0.25, 0.3) is 0 Å². The fourth-order valence-corrected chi connectivity index (χ4v) is 2.57. The van der Waals surface area contributed by atoms with Gasteiger partial charge in [-0.05, 0) is 12.1 Å². The lowest BCUT2D eigenvalue weighted by atomic mass is 10.2. The first-order valence-corrected chi connectivity index (χ1v) is 6.51. The third-order valence-electron chi connectivity index (χ3n) is 2.78. The second-order valence-corrected chi connectivity index (χ2v) is 4.97. The molecule has 7 heteroatoms. The molecule has 2 aromatic rings. The van der Waals surface area contributed by atoms with E-state index in [-0.39, 0.29) is 6.10 Å². The lowest BCUT2D eigenvalue weighted by Crippen LogP contribution is -2.38. The van der Waals surface area contributed by atoms with Gasteiger partial charge in [-0.25, -0.2) is 0 Å². The molecule has 0 amide bonds. The van der Waals surface area contributed by atoms with Gasteiger partial charge in [0.25, 0.3) is 0 Å². The van der Waals surface area contributed by atoms with Crippen LogP contribution < -0.4 is 10.6 Å². The highest BCUT2D eigenvalue weighted by molar-refractivity contribution is 7.18. The number of hydrogen-bond donors (Lipinski definition) is 1. The van der Waals surface area contributed by atoms with E-state index in [2.05, 4.69) is 20.1 Å². The molecule has 94 valence electrons. The Kier molecular flexibility index (Phi) is 3.07. The minimum atomic E-state index is -0.0231. The zero-order valence-electron chi connectivity index (χ0n) is 9.69. The lowest BCUT2D eigenvalue weighted by Gasteiger charge is -2.31. The van der Waals surface area contributed by atoms with Crippen molar-refractivity contribution in [2.45, 2.75) is 6.10 Å². The van der Waals surface area contributed by atoms with Crippen LogP contribution in [-0.2, 0) is 4.74 Å². The van der Waals surface area contributed by atoms with Gasteiger partial charge in [0.2, 0.25) is 10.3 Å². The van der Waals surface area contributed by atoms with E-state index < -0.39 is 0 Å². The van der Waals surface area contributed by atoms with Gasteiger partial charge in [-0.15, -0.1) is 10.2 Å². The predicted octanol–water partition coefficient (Wildman–Crippen LogP) is 1.09. The Labute approximate surface area is 108 Å². The lowest BCUT2D eigenvalue weighted by molar-refractivity contribution is 0.0370. The number of nitrogens with two attached hydrogens (primary N) is 1. The fraction of sp³-hybridized carbons (Fsp3) is 0.364. The highest BCUT2D eigenvalue weighted by Crippen LogP contribution is 2.27. The van der Waals surface area contributed by atoms with Crippen molar-refractivity contribution >= 4 is 21.6 Å². The van der Waals surface area contributed by atoms with Crippen LogP contribution in [0.4, 0.5) is 10.3 Å². The summed E-state index contributed by atoms with van der Waals surface area (Å²) < 4.78 is 5.74. The molecule has 0 radical (unpaired) electrons. The largest absolute Gasteiger partial charge is 0.374 e. The van der Waals surface area contributed by atoms with Crippen molar-refractivity contribution in [3.05, 3.63) is 30.1 Å². The molecule has 1 unspecified atom stereocenters. The molecule has 3 rings (SSSR count). The van der Waals surface area contributed by atoms with Crippen molar-refractivity contribution in [3.63, 3.8) is 0 Å². The van der Waals surface area contributed by atoms with Gasteiger partial charge in [-0.3, -0.25) is 4.98 Å². The van der Waals surface area contributed by atoms with Crippen LogP contribution in [-0.4, -0.2) is 34.9 Å². The molecule has 0 aromatic carbocycles. The summed E-state index contributed by atoms with van der Waals surface area (Å²) in [5.41, 5.74) is 6.55. The summed E-state index contributed by atoms with van der Waals surface area (Å²) in [6.07, 6.45) is 1.76. The predicted molar refractivity (Wildman–Crippen MR) is 69.5 cm³/mol. The molecule has 6 nitrogen and oxygen atoms in total. The normalized spacial score (nSPS) is 20.0. The van der Waals surface area contributed by atoms with Crippen LogP contribution in [0.5, 0.6) is 0 Å². The van der Waals surface area contributed by atoms with Crippen molar-refractivity contribution < 1.29 is 4.74 Å². The van der Waals surface area contributed by atoms with Gasteiger partial charge in [-0.1, -0.05) is 17.4 Å². The molecule has 1 aliphatic heterocycles. The molecule has 2 N–H and O–H groups in total. The van der Waals surface area contributed by atoms with Crippen LogP contribution in [0.3, 0.4) is 0 Å². The molecule has 0 saturated carbocycles. The van der Waals surface area contributed by atoms with E-state index in [1.54, 1.807) is 6.20 Å². The Morgan fingerprint density at radius 1 is 1.39 bits per heavy atom. The van der Waals surface area contributed by atoms with Gasteiger partial charge < -0.3 is 15.4 Å².